The topological polar surface area (TPSA) is 63.8 Å². The summed E-state index contributed by atoms with van der Waals surface area (Å²) in [6.07, 6.45) is 3.05. The fourth-order valence-electron chi connectivity index (χ4n) is 1.88. The lowest BCUT2D eigenvalue weighted by Crippen LogP contribution is -2.06. The summed E-state index contributed by atoms with van der Waals surface area (Å²) in [5, 5.41) is 2.99. The van der Waals surface area contributed by atoms with Crippen LogP contribution in [0, 0.1) is 12.7 Å². The lowest BCUT2D eigenvalue weighted by Gasteiger charge is -2.12. The Labute approximate surface area is 111 Å². The van der Waals surface area contributed by atoms with Crippen LogP contribution in [0.3, 0.4) is 0 Å². The van der Waals surface area contributed by atoms with Crippen LogP contribution in [0.5, 0.6) is 0 Å². The maximum absolute atomic E-state index is 13.8. The monoisotopic (exact) mass is 260 g/mol. The quantitative estimate of drug-likeness (QED) is 0.886. The minimum absolute atomic E-state index is 0.306. The second-order valence-corrected chi connectivity index (χ2v) is 4.44. The molecule has 5 heteroatoms. The van der Waals surface area contributed by atoms with Crippen LogP contribution in [0.15, 0.2) is 24.5 Å². The molecule has 2 rings (SSSR count). The summed E-state index contributed by atoms with van der Waals surface area (Å²) in [6, 6.07) is 5.01. The van der Waals surface area contributed by atoms with E-state index in [9.17, 15) is 4.39 Å². The Morgan fingerprint density at radius 2 is 2.11 bits per heavy atom. The lowest BCUT2D eigenvalue weighted by atomic mass is 10.1. The van der Waals surface area contributed by atoms with Crippen LogP contribution in [-0.4, -0.2) is 9.97 Å². The van der Waals surface area contributed by atoms with Gasteiger partial charge in [0.15, 0.2) is 0 Å². The summed E-state index contributed by atoms with van der Waals surface area (Å²) >= 11 is 0. The molecular formula is C14H17FN4. The summed E-state index contributed by atoms with van der Waals surface area (Å²) in [5.74, 6) is 0.698. The second-order valence-electron chi connectivity index (χ2n) is 4.44. The van der Waals surface area contributed by atoms with Crippen molar-refractivity contribution < 1.29 is 4.39 Å². The third kappa shape index (κ3) is 2.99. The van der Waals surface area contributed by atoms with E-state index in [0.29, 0.717) is 17.3 Å². The van der Waals surface area contributed by atoms with Crippen molar-refractivity contribution in [2.75, 3.05) is 11.1 Å². The van der Waals surface area contributed by atoms with Crippen LogP contribution in [0.4, 0.5) is 21.7 Å². The fourth-order valence-corrected chi connectivity index (χ4v) is 1.88. The van der Waals surface area contributed by atoms with E-state index in [1.807, 2.05) is 19.9 Å². The van der Waals surface area contributed by atoms with Gasteiger partial charge in [0.05, 0.1) is 5.69 Å². The molecule has 0 saturated carbocycles. The molecule has 19 heavy (non-hydrogen) atoms. The molecule has 0 fully saturated rings. The molecule has 0 aliphatic rings. The third-order valence-electron chi connectivity index (χ3n) is 2.86. The van der Waals surface area contributed by atoms with Crippen LogP contribution < -0.4 is 11.1 Å². The summed E-state index contributed by atoms with van der Waals surface area (Å²) < 4.78 is 13.8. The molecule has 1 heterocycles. The molecule has 3 N–H and O–H groups in total. The average Bonchev–Trinajstić information content (AvgIpc) is 2.37. The molecule has 0 atom stereocenters. The Hall–Kier alpha value is -2.17. The van der Waals surface area contributed by atoms with Gasteiger partial charge in [-0.2, -0.15) is 0 Å². The first-order valence-corrected chi connectivity index (χ1v) is 6.24. The fraction of sp³-hybridized carbons (Fsp3) is 0.286. The van der Waals surface area contributed by atoms with Gasteiger partial charge in [-0.25, -0.2) is 14.4 Å². The van der Waals surface area contributed by atoms with Gasteiger partial charge in [0.25, 0.3) is 0 Å². The summed E-state index contributed by atoms with van der Waals surface area (Å²) in [4.78, 5) is 8.12. The highest BCUT2D eigenvalue weighted by atomic mass is 19.1. The summed E-state index contributed by atoms with van der Waals surface area (Å²) in [7, 11) is 0. The Kier molecular flexibility index (Phi) is 3.94. The smallest absolute Gasteiger partial charge is 0.146 e. The number of hydrogen-bond donors (Lipinski definition) is 2. The van der Waals surface area contributed by atoms with Crippen molar-refractivity contribution in [3.05, 3.63) is 41.5 Å². The number of benzene rings is 1. The highest BCUT2D eigenvalue weighted by molar-refractivity contribution is 5.64. The van der Waals surface area contributed by atoms with Crippen molar-refractivity contribution in [2.24, 2.45) is 0 Å². The van der Waals surface area contributed by atoms with E-state index in [4.69, 9.17) is 5.73 Å². The number of nitrogens with one attached hydrogen (secondary N) is 1. The van der Waals surface area contributed by atoms with E-state index in [0.717, 1.165) is 24.0 Å². The van der Waals surface area contributed by atoms with Crippen molar-refractivity contribution in [2.45, 2.75) is 26.7 Å². The van der Waals surface area contributed by atoms with E-state index >= 15 is 0 Å². The Bertz CT molecular complexity index is 584. The summed E-state index contributed by atoms with van der Waals surface area (Å²) in [5.41, 5.74) is 7.93. The van der Waals surface area contributed by atoms with E-state index in [1.54, 1.807) is 6.07 Å². The highest BCUT2D eigenvalue weighted by Gasteiger charge is 2.10. The van der Waals surface area contributed by atoms with Crippen LogP contribution in [-0.2, 0) is 6.42 Å². The Morgan fingerprint density at radius 1 is 1.32 bits per heavy atom. The third-order valence-corrected chi connectivity index (χ3v) is 2.86. The first-order valence-electron chi connectivity index (χ1n) is 6.24. The maximum atomic E-state index is 13.8. The van der Waals surface area contributed by atoms with Crippen molar-refractivity contribution in [3.8, 4) is 0 Å². The van der Waals surface area contributed by atoms with Gasteiger partial charge in [0.1, 0.15) is 23.8 Å². The van der Waals surface area contributed by atoms with Crippen LogP contribution in [0.25, 0.3) is 0 Å². The number of aryl methyl sites for hydroxylation is 1. The zero-order valence-electron chi connectivity index (χ0n) is 11.1. The molecule has 1 aromatic heterocycles. The van der Waals surface area contributed by atoms with Crippen molar-refractivity contribution >= 4 is 17.3 Å². The number of rotatable bonds is 4. The molecular weight excluding hydrogens is 243 g/mol. The molecule has 2 aromatic rings. The molecule has 100 valence electrons. The molecule has 0 saturated heterocycles. The van der Waals surface area contributed by atoms with Gasteiger partial charge in [-0.1, -0.05) is 19.4 Å². The molecule has 4 nitrogen and oxygen atoms in total. The Morgan fingerprint density at radius 3 is 2.79 bits per heavy atom. The Balaban J connectivity index is 2.35. The molecule has 0 unspecified atom stereocenters. The minimum atomic E-state index is -0.306. The van der Waals surface area contributed by atoms with Crippen LogP contribution in [0.2, 0.25) is 0 Å². The van der Waals surface area contributed by atoms with E-state index < -0.39 is 0 Å². The van der Waals surface area contributed by atoms with Crippen LogP contribution >= 0.6 is 0 Å². The van der Waals surface area contributed by atoms with Gasteiger partial charge in [-0.3, -0.25) is 0 Å². The number of nitrogens with two attached hydrogens (primary N) is 1. The van der Waals surface area contributed by atoms with Crippen molar-refractivity contribution in [1.82, 2.24) is 9.97 Å². The zero-order valence-corrected chi connectivity index (χ0v) is 11.1. The number of anilines is 3. The standard InChI is InChI=1S/C14H17FN4/c1-3-4-10-13(16)17-8-18-14(10)19-12-6-5-9(2)7-11(12)15/h5-8H,3-4H2,1-2H3,(H3,16,17,18,19). The molecule has 0 spiro atoms. The van der Waals surface area contributed by atoms with Gasteiger partial charge in [0, 0.05) is 5.56 Å². The van der Waals surface area contributed by atoms with E-state index in [2.05, 4.69) is 15.3 Å². The van der Waals surface area contributed by atoms with Gasteiger partial charge < -0.3 is 11.1 Å². The summed E-state index contributed by atoms with van der Waals surface area (Å²) in [6.45, 7) is 3.89. The van der Waals surface area contributed by atoms with E-state index in [1.165, 1.54) is 12.4 Å². The molecule has 0 aliphatic heterocycles. The number of nitrogen functional groups attached to an aromatic ring is 1. The predicted octanol–water partition coefficient (Wildman–Crippen LogP) is 3.20. The van der Waals surface area contributed by atoms with Gasteiger partial charge in [-0.15, -0.1) is 0 Å². The highest BCUT2D eigenvalue weighted by Crippen LogP contribution is 2.25. The van der Waals surface area contributed by atoms with Crippen molar-refractivity contribution in [3.63, 3.8) is 0 Å². The molecule has 0 radical (unpaired) electrons. The average molecular weight is 260 g/mol. The number of hydrogen-bond acceptors (Lipinski definition) is 4. The largest absolute Gasteiger partial charge is 0.383 e. The minimum Gasteiger partial charge on any atom is -0.383 e. The number of aromatic nitrogens is 2. The van der Waals surface area contributed by atoms with Crippen LogP contribution in [0.1, 0.15) is 24.5 Å². The molecule has 1 aromatic carbocycles. The maximum Gasteiger partial charge on any atom is 0.146 e. The normalized spacial score (nSPS) is 10.5. The SMILES string of the molecule is CCCc1c(N)ncnc1Nc1ccc(C)cc1F. The van der Waals surface area contributed by atoms with Gasteiger partial charge >= 0.3 is 0 Å². The number of halogens is 1. The zero-order chi connectivity index (χ0) is 13.8. The lowest BCUT2D eigenvalue weighted by molar-refractivity contribution is 0.630. The van der Waals surface area contributed by atoms with Crippen molar-refractivity contribution in [1.29, 1.82) is 0 Å². The first kappa shape index (κ1) is 13.3. The predicted molar refractivity (Wildman–Crippen MR) is 74.9 cm³/mol. The second kappa shape index (κ2) is 5.65. The molecule has 0 aliphatic carbocycles. The molecule has 0 bridgehead atoms. The van der Waals surface area contributed by atoms with E-state index in [-0.39, 0.29) is 5.82 Å². The molecule has 0 amide bonds. The first-order chi connectivity index (χ1) is 9.11. The van der Waals surface area contributed by atoms with Gasteiger partial charge in [0.2, 0.25) is 0 Å². The number of nitrogens with zero attached hydrogens (tertiary/aromatic N) is 2. The van der Waals surface area contributed by atoms with Gasteiger partial charge in [-0.05, 0) is 31.0 Å².